The van der Waals surface area contributed by atoms with E-state index < -0.39 is 5.82 Å². The van der Waals surface area contributed by atoms with Crippen molar-refractivity contribution in [2.45, 2.75) is 12.3 Å². The molecule has 1 atom stereocenters. The second-order valence-electron chi connectivity index (χ2n) is 5.00. The number of halogens is 1. The van der Waals surface area contributed by atoms with Crippen molar-refractivity contribution in [3.05, 3.63) is 65.7 Å². The maximum Gasteiger partial charge on any atom is 0.256 e. The standard InChI is InChI=1S/C16H15FN2O/c17-15-10-18-8-6-14(15)16(20)19-9-7-13(11-19)12-4-2-1-3-5-12/h1-6,8,10,13H,7,9,11H2. The molecule has 0 bridgehead atoms. The van der Waals surface area contributed by atoms with Gasteiger partial charge in [-0.25, -0.2) is 4.39 Å². The Labute approximate surface area is 117 Å². The molecule has 1 aromatic carbocycles. The van der Waals surface area contributed by atoms with Crippen molar-refractivity contribution in [2.75, 3.05) is 13.1 Å². The molecule has 102 valence electrons. The van der Waals surface area contributed by atoms with E-state index in [0.29, 0.717) is 19.0 Å². The van der Waals surface area contributed by atoms with Crippen molar-refractivity contribution in [1.29, 1.82) is 0 Å². The molecule has 1 amide bonds. The Morgan fingerprint density at radius 3 is 2.80 bits per heavy atom. The zero-order valence-electron chi connectivity index (χ0n) is 11.0. The smallest absolute Gasteiger partial charge is 0.256 e. The fourth-order valence-corrected chi connectivity index (χ4v) is 2.66. The van der Waals surface area contributed by atoms with Crippen molar-refractivity contribution < 1.29 is 9.18 Å². The molecule has 2 aromatic rings. The SMILES string of the molecule is O=C(c1ccncc1F)N1CCC(c2ccccc2)C1. The summed E-state index contributed by atoms with van der Waals surface area (Å²) in [6.07, 6.45) is 3.45. The van der Waals surface area contributed by atoms with Crippen molar-refractivity contribution in [3.63, 3.8) is 0 Å². The molecule has 0 radical (unpaired) electrons. The molecular weight excluding hydrogens is 255 g/mol. The largest absolute Gasteiger partial charge is 0.338 e. The number of rotatable bonds is 2. The first-order chi connectivity index (χ1) is 9.75. The summed E-state index contributed by atoms with van der Waals surface area (Å²) in [6, 6.07) is 11.6. The molecule has 0 N–H and O–H groups in total. The van der Waals surface area contributed by atoms with Crippen LogP contribution in [0, 0.1) is 5.82 Å². The fourth-order valence-electron chi connectivity index (χ4n) is 2.66. The summed E-state index contributed by atoms with van der Waals surface area (Å²) in [4.78, 5) is 17.7. The summed E-state index contributed by atoms with van der Waals surface area (Å²) in [5.74, 6) is -0.464. The zero-order chi connectivity index (χ0) is 13.9. The van der Waals surface area contributed by atoms with E-state index in [1.807, 2.05) is 18.2 Å². The molecule has 2 heterocycles. The van der Waals surface area contributed by atoms with Gasteiger partial charge in [-0.15, -0.1) is 0 Å². The lowest BCUT2D eigenvalue weighted by Gasteiger charge is -2.17. The van der Waals surface area contributed by atoms with Crippen LogP contribution in [0.2, 0.25) is 0 Å². The Morgan fingerprint density at radius 1 is 1.25 bits per heavy atom. The highest BCUT2D eigenvalue weighted by Crippen LogP contribution is 2.28. The van der Waals surface area contributed by atoms with E-state index in [1.165, 1.54) is 17.8 Å². The fraction of sp³-hybridized carbons (Fsp3) is 0.250. The first kappa shape index (κ1) is 12.8. The predicted molar refractivity (Wildman–Crippen MR) is 73.9 cm³/mol. The molecule has 1 saturated heterocycles. The average Bonchev–Trinajstić information content (AvgIpc) is 2.98. The van der Waals surface area contributed by atoms with Crippen LogP contribution in [-0.2, 0) is 0 Å². The Balaban J connectivity index is 1.75. The lowest BCUT2D eigenvalue weighted by Crippen LogP contribution is -2.29. The third kappa shape index (κ3) is 2.41. The van der Waals surface area contributed by atoms with E-state index in [-0.39, 0.29) is 11.5 Å². The Bertz CT molecular complexity index is 615. The van der Waals surface area contributed by atoms with Crippen molar-refractivity contribution in [3.8, 4) is 0 Å². The normalized spacial score (nSPS) is 18.2. The van der Waals surface area contributed by atoms with Gasteiger partial charge in [0.05, 0.1) is 11.8 Å². The van der Waals surface area contributed by atoms with E-state index >= 15 is 0 Å². The number of carbonyl (C=O) groups is 1. The molecule has 4 heteroatoms. The quantitative estimate of drug-likeness (QED) is 0.840. The monoisotopic (exact) mass is 270 g/mol. The van der Waals surface area contributed by atoms with Gasteiger partial charge in [-0.2, -0.15) is 0 Å². The molecule has 1 aliphatic rings. The maximum atomic E-state index is 13.6. The topological polar surface area (TPSA) is 33.2 Å². The third-order valence-electron chi connectivity index (χ3n) is 3.75. The molecule has 0 aliphatic carbocycles. The Hall–Kier alpha value is -2.23. The van der Waals surface area contributed by atoms with Crippen LogP contribution in [0.15, 0.2) is 48.8 Å². The summed E-state index contributed by atoms with van der Waals surface area (Å²) in [5, 5.41) is 0. The summed E-state index contributed by atoms with van der Waals surface area (Å²) < 4.78 is 13.6. The highest BCUT2D eigenvalue weighted by atomic mass is 19.1. The molecule has 0 spiro atoms. The van der Waals surface area contributed by atoms with Crippen LogP contribution >= 0.6 is 0 Å². The van der Waals surface area contributed by atoms with Gasteiger partial charge in [0.15, 0.2) is 5.82 Å². The molecule has 3 nitrogen and oxygen atoms in total. The van der Waals surface area contributed by atoms with Crippen LogP contribution in [0.1, 0.15) is 28.3 Å². The summed E-state index contributed by atoms with van der Waals surface area (Å²) >= 11 is 0. The number of aromatic nitrogens is 1. The number of hydrogen-bond donors (Lipinski definition) is 0. The summed E-state index contributed by atoms with van der Waals surface area (Å²) in [6.45, 7) is 1.31. The van der Waals surface area contributed by atoms with Crippen molar-refractivity contribution in [1.82, 2.24) is 9.88 Å². The van der Waals surface area contributed by atoms with Crippen LogP contribution in [0.5, 0.6) is 0 Å². The van der Waals surface area contributed by atoms with Crippen molar-refractivity contribution in [2.24, 2.45) is 0 Å². The Kier molecular flexibility index (Phi) is 3.46. The van der Waals surface area contributed by atoms with Gasteiger partial charge in [0, 0.05) is 25.2 Å². The molecule has 1 fully saturated rings. The second-order valence-corrected chi connectivity index (χ2v) is 5.00. The average molecular weight is 270 g/mol. The van der Waals surface area contributed by atoms with Crippen LogP contribution in [0.3, 0.4) is 0 Å². The lowest BCUT2D eigenvalue weighted by molar-refractivity contribution is 0.0786. The maximum absolute atomic E-state index is 13.6. The van der Waals surface area contributed by atoms with Crippen LogP contribution in [0.25, 0.3) is 0 Å². The predicted octanol–water partition coefficient (Wildman–Crippen LogP) is 2.85. The number of nitrogens with zero attached hydrogens (tertiary/aromatic N) is 2. The van der Waals surface area contributed by atoms with Crippen LogP contribution in [-0.4, -0.2) is 28.9 Å². The van der Waals surface area contributed by atoms with Crippen LogP contribution in [0.4, 0.5) is 4.39 Å². The molecule has 1 aromatic heterocycles. The second kappa shape index (κ2) is 5.41. The minimum absolute atomic E-state index is 0.105. The number of carbonyl (C=O) groups excluding carboxylic acids is 1. The van der Waals surface area contributed by atoms with E-state index in [1.54, 1.807) is 4.90 Å². The van der Waals surface area contributed by atoms with Gasteiger partial charge < -0.3 is 4.90 Å². The van der Waals surface area contributed by atoms with E-state index in [2.05, 4.69) is 17.1 Å². The van der Waals surface area contributed by atoms with Gasteiger partial charge in [0.1, 0.15) is 0 Å². The van der Waals surface area contributed by atoms with Gasteiger partial charge in [0.2, 0.25) is 0 Å². The van der Waals surface area contributed by atoms with Gasteiger partial charge >= 0.3 is 0 Å². The van der Waals surface area contributed by atoms with Crippen molar-refractivity contribution >= 4 is 5.91 Å². The third-order valence-corrected chi connectivity index (χ3v) is 3.75. The molecule has 1 aliphatic heterocycles. The van der Waals surface area contributed by atoms with Crippen LogP contribution < -0.4 is 0 Å². The van der Waals surface area contributed by atoms with E-state index in [0.717, 1.165) is 12.6 Å². The molecule has 0 saturated carbocycles. The number of amides is 1. The lowest BCUT2D eigenvalue weighted by atomic mass is 9.99. The molecule has 3 rings (SSSR count). The van der Waals surface area contributed by atoms with Gasteiger partial charge in [-0.1, -0.05) is 30.3 Å². The number of pyridine rings is 1. The van der Waals surface area contributed by atoms with E-state index in [9.17, 15) is 9.18 Å². The minimum Gasteiger partial charge on any atom is -0.338 e. The zero-order valence-corrected chi connectivity index (χ0v) is 11.0. The number of benzene rings is 1. The highest BCUT2D eigenvalue weighted by molar-refractivity contribution is 5.94. The molecule has 1 unspecified atom stereocenters. The van der Waals surface area contributed by atoms with Gasteiger partial charge in [0.25, 0.3) is 5.91 Å². The first-order valence-corrected chi connectivity index (χ1v) is 6.69. The highest BCUT2D eigenvalue weighted by Gasteiger charge is 2.28. The Morgan fingerprint density at radius 2 is 2.05 bits per heavy atom. The number of likely N-dealkylation sites (tertiary alicyclic amines) is 1. The summed E-state index contributed by atoms with van der Waals surface area (Å²) in [5.41, 5.74) is 1.34. The first-order valence-electron chi connectivity index (χ1n) is 6.69. The minimum atomic E-state index is -0.555. The van der Waals surface area contributed by atoms with Gasteiger partial charge in [-0.05, 0) is 18.1 Å². The summed E-state index contributed by atoms with van der Waals surface area (Å²) in [7, 11) is 0. The molecular formula is C16H15FN2O. The van der Waals surface area contributed by atoms with E-state index in [4.69, 9.17) is 0 Å². The van der Waals surface area contributed by atoms with Gasteiger partial charge in [-0.3, -0.25) is 9.78 Å². The molecule has 20 heavy (non-hydrogen) atoms. The number of hydrogen-bond acceptors (Lipinski definition) is 2.